The minimum Gasteiger partial charge on any atom is -0.332 e. The molecule has 0 radical (unpaired) electrons. The molecule has 1 N–H and O–H groups in total. The molecule has 132 valence electrons. The topological polar surface area (TPSA) is 66.1 Å². The number of aromatic amines is 1. The second kappa shape index (κ2) is 6.75. The fourth-order valence-corrected chi connectivity index (χ4v) is 5.23. The number of H-pyrrole nitrogens is 1. The number of aryl methyl sites for hydroxylation is 1. The van der Waals surface area contributed by atoms with Gasteiger partial charge in [0.15, 0.2) is 0 Å². The summed E-state index contributed by atoms with van der Waals surface area (Å²) in [5.41, 5.74) is 2.75. The van der Waals surface area contributed by atoms with Crippen molar-refractivity contribution in [2.75, 3.05) is 6.54 Å². The molecule has 6 heteroatoms. The van der Waals surface area contributed by atoms with Crippen LogP contribution in [0.2, 0.25) is 0 Å². The number of nitrogens with zero attached hydrogens (tertiary/aromatic N) is 2. The third-order valence-corrected chi connectivity index (χ3v) is 6.62. The number of aromatic nitrogens is 2. The van der Waals surface area contributed by atoms with Gasteiger partial charge in [0.25, 0.3) is 11.5 Å². The Morgan fingerprint density at radius 3 is 3.16 bits per heavy atom. The van der Waals surface area contributed by atoms with Crippen LogP contribution < -0.4 is 5.56 Å². The van der Waals surface area contributed by atoms with Crippen LogP contribution in [0.3, 0.4) is 0 Å². The zero-order valence-corrected chi connectivity index (χ0v) is 15.3. The molecule has 1 aliphatic heterocycles. The first kappa shape index (κ1) is 16.5. The lowest BCUT2D eigenvalue weighted by atomic mass is 9.85. The Balaban J connectivity index is 1.52. The average molecular weight is 357 g/mol. The van der Waals surface area contributed by atoms with Crippen molar-refractivity contribution in [3.8, 4) is 0 Å². The van der Waals surface area contributed by atoms with Crippen LogP contribution in [0.1, 0.15) is 57.6 Å². The Morgan fingerprint density at radius 1 is 1.44 bits per heavy atom. The predicted molar refractivity (Wildman–Crippen MR) is 98.0 cm³/mol. The summed E-state index contributed by atoms with van der Waals surface area (Å²) in [5.74, 6) is 0.854. The SMILES string of the molecule is CCC[C@@H]1CCc2sc(C(=O)N3CCc4c(nc[nH]c4=O)C3)cc2C1. The van der Waals surface area contributed by atoms with Crippen LogP contribution in [0.15, 0.2) is 17.2 Å². The molecular weight excluding hydrogens is 334 g/mol. The van der Waals surface area contributed by atoms with Gasteiger partial charge in [-0.2, -0.15) is 0 Å². The molecular formula is C19H23N3O2S. The van der Waals surface area contributed by atoms with Gasteiger partial charge in [-0.25, -0.2) is 4.98 Å². The van der Waals surface area contributed by atoms with E-state index in [0.29, 0.717) is 19.5 Å². The van der Waals surface area contributed by atoms with Crippen LogP contribution in [0, 0.1) is 5.92 Å². The van der Waals surface area contributed by atoms with E-state index in [4.69, 9.17) is 0 Å². The lowest BCUT2D eigenvalue weighted by molar-refractivity contribution is 0.0736. The van der Waals surface area contributed by atoms with Crippen molar-refractivity contribution in [1.29, 1.82) is 0 Å². The number of rotatable bonds is 3. The fraction of sp³-hybridized carbons (Fsp3) is 0.526. The maximum absolute atomic E-state index is 12.9. The van der Waals surface area contributed by atoms with Crippen molar-refractivity contribution in [3.05, 3.63) is 49.3 Å². The zero-order chi connectivity index (χ0) is 17.4. The van der Waals surface area contributed by atoms with E-state index < -0.39 is 0 Å². The number of nitrogens with one attached hydrogen (secondary N) is 1. The van der Waals surface area contributed by atoms with Gasteiger partial charge in [0, 0.05) is 17.0 Å². The standard InChI is InChI=1S/C19H23N3O2S/c1-2-3-12-4-5-16-13(8-12)9-17(25-16)19(24)22-7-6-14-15(10-22)20-11-21-18(14)23/h9,11-12H,2-8,10H2,1H3,(H,20,21,23)/t12-/m1/s1. The molecule has 2 aromatic heterocycles. The first-order valence-corrected chi connectivity index (χ1v) is 9.93. The van der Waals surface area contributed by atoms with Crippen LogP contribution in [0.4, 0.5) is 0 Å². The number of thiophene rings is 1. The fourth-order valence-electron chi connectivity index (χ4n) is 4.05. The van der Waals surface area contributed by atoms with E-state index in [9.17, 15) is 9.59 Å². The lowest BCUT2D eigenvalue weighted by Crippen LogP contribution is -2.38. The monoisotopic (exact) mass is 357 g/mol. The van der Waals surface area contributed by atoms with Crippen molar-refractivity contribution in [1.82, 2.24) is 14.9 Å². The molecule has 0 saturated heterocycles. The highest BCUT2D eigenvalue weighted by atomic mass is 32.1. The van der Waals surface area contributed by atoms with Crippen molar-refractivity contribution >= 4 is 17.2 Å². The number of hydrogen-bond acceptors (Lipinski definition) is 4. The Kier molecular flexibility index (Phi) is 4.46. The van der Waals surface area contributed by atoms with E-state index in [0.717, 1.165) is 34.9 Å². The molecule has 0 fully saturated rings. The predicted octanol–water partition coefficient (Wildman–Crippen LogP) is 2.93. The quantitative estimate of drug-likeness (QED) is 0.918. The molecule has 0 saturated carbocycles. The highest BCUT2D eigenvalue weighted by Crippen LogP contribution is 2.34. The van der Waals surface area contributed by atoms with Gasteiger partial charge in [-0.1, -0.05) is 19.8 Å². The zero-order valence-electron chi connectivity index (χ0n) is 14.5. The first-order valence-electron chi connectivity index (χ1n) is 9.12. The molecule has 0 aromatic carbocycles. The van der Waals surface area contributed by atoms with Crippen molar-refractivity contribution in [2.24, 2.45) is 5.92 Å². The second-order valence-corrected chi connectivity index (χ2v) is 8.23. The van der Waals surface area contributed by atoms with Gasteiger partial charge in [-0.05, 0) is 43.2 Å². The van der Waals surface area contributed by atoms with Crippen LogP contribution >= 0.6 is 11.3 Å². The molecule has 2 aliphatic rings. The summed E-state index contributed by atoms with van der Waals surface area (Å²) >= 11 is 1.66. The summed E-state index contributed by atoms with van der Waals surface area (Å²) in [6, 6.07) is 2.12. The molecule has 3 heterocycles. The number of amides is 1. The van der Waals surface area contributed by atoms with Gasteiger partial charge in [0.2, 0.25) is 0 Å². The molecule has 2 aromatic rings. The van der Waals surface area contributed by atoms with Crippen molar-refractivity contribution < 1.29 is 4.79 Å². The Bertz CT molecular complexity index is 855. The summed E-state index contributed by atoms with van der Waals surface area (Å²) in [5, 5.41) is 0. The molecule has 4 rings (SSSR count). The number of carbonyl (C=O) groups is 1. The van der Waals surface area contributed by atoms with Gasteiger partial charge in [-0.15, -0.1) is 11.3 Å². The van der Waals surface area contributed by atoms with E-state index in [2.05, 4.69) is 23.0 Å². The smallest absolute Gasteiger partial charge is 0.264 e. The molecule has 1 atom stereocenters. The maximum atomic E-state index is 12.9. The normalized spacial score (nSPS) is 19.4. The van der Waals surface area contributed by atoms with E-state index >= 15 is 0 Å². The van der Waals surface area contributed by atoms with Crippen LogP contribution in [-0.4, -0.2) is 27.3 Å². The highest BCUT2D eigenvalue weighted by molar-refractivity contribution is 7.14. The van der Waals surface area contributed by atoms with Gasteiger partial charge >= 0.3 is 0 Å². The van der Waals surface area contributed by atoms with Gasteiger partial charge in [0.1, 0.15) is 0 Å². The maximum Gasteiger partial charge on any atom is 0.264 e. The summed E-state index contributed by atoms with van der Waals surface area (Å²) < 4.78 is 0. The van der Waals surface area contributed by atoms with E-state index in [1.807, 2.05) is 4.90 Å². The average Bonchev–Trinajstić information content (AvgIpc) is 3.04. The van der Waals surface area contributed by atoms with E-state index in [1.54, 1.807) is 11.3 Å². The largest absolute Gasteiger partial charge is 0.332 e. The van der Waals surface area contributed by atoms with Crippen molar-refractivity contribution in [2.45, 2.75) is 52.0 Å². The number of hydrogen-bond donors (Lipinski definition) is 1. The van der Waals surface area contributed by atoms with Crippen LogP contribution in [0.25, 0.3) is 0 Å². The number of carbonyl (C=O) groups excluding carboxylic acids is 1. The van der Waals surface area contributed by atoms with Gasteiger partial charge in [0.05, 0.1) is 23.4 Å². The Morgan fingerprint density at radius 2 is 2.32 bits per heavy atom. The van der Waals surface area contributed by atoms with Gasteiger partial charge < -0.3 is 9.88 Å². The highest BCUT2D eigenvalue weighted by Gasteiger charge is 2.27. The van der Waals surface area contributed by atoms with E-state index in [1.165, 1.54) is 36.0 Å². The summed E-state index contributed by atoms with van der Waals surface area (Å²) in [7, 11) is 0. The summed E-state index contributed by atoms with van der Waals surface area (Å²) in [4.78, 5) is 35.7. The van der Waals surface area contributed by atoms with E-state index in [-0.39, 0.29) is 11.5 Å². The lowest BCUT2D eigenvalue weighted by Gasteiger charge is -2.26. The second-order valence-electron chi connectivity index (χ2n) is 7.09. The molecule has 0 spiro atoms. The van der Waals surface area contributed by atoms with Crippen LogP contribution in [-0.2, 0) is 25.8 Å². The molecule has 0 bridgehead atoms. The third-order valence-electron chi connectivity index (χ3n) is 5.39. The Hall–Kier alpha value is -1.95. The van der Waals surface area contributed by atoms with Gasteiger partial charge in [-0.3, -0.25) is 9.59 Å². The van der Waals surface area contributed by atoms with Crippen molar-refractivity contribution in [3.63, 3.8) is 0 Å². The minimum absolute atomic E-state index is 0.0781. The molecule has 1 amide bonds. The molecule has 1 aliphatic carbocycles. The summed E-state index contributed by atoms with van der Waals surface area (Å²) in [6.45, 7) is 3.26. The number of fused-ring (bicyclic) bond motifs is 2. The van der Waals surface area contributed by atoms with Crippen LogP contribution in [0.5, 0.6) is 0 Å². The first-order chi connectivity index (χ1) is 12.2. The molecule has 0 unspecified atom stereocenters. The summed E-state index contributed by atoms with van der Waals surface area (Å²) in [6.07, 6.45) is 7.99. The Labute approximate surface area is 151 Å². The molecule has 5 nitrogen and oxygen atoms in total. The minimum atomic E-state index is -0.0781. The molecule has 25 heavy (non-hydrogen) atoms. The third kappa shape index (κ3) is 3.15.